The number of hydrogen-bond donors (Lipinski definition) is 1. The van der Waals surface area contributed by atoms with Gasteiger partial charge in [-0.3, -0.25) is 4.79 Å². The van der Waals surface area contributed by atoms with Gasteiger partial charge in [0.05, 0.1) is 6.61 Å². The summed E-state index contributed by atoms with van der Waals surface area (Å²) in [5, 5.41) is 2.63. The lowest BCUT2D eigenvalue weighted by Gasteiger charge is -2.07. The number of carbonyl (C=O) groups excluding carboxylic acids is 1. The molecule has 1 aromatic carbocycles. The second-order valence-electron chi connectivity index (χ2n) is 3.95. The zero-order valence-electron chi connectivity index (χ0n) is 11.1. The summed E-state index contributed by atoms with van der Waals surface area (Å²) < 4.78 is 10.7. The summed E-state index contributed by atoms with van der Waals surface area (Å²) in [7, 11) is 5.14. The van der Waals surface area contributed by atoms with Crippen molar-refractivity contribution < 1.29 is 14.3 Å². The van der Waals surface area contributed by atoms with Gasteiger partial charge in [0.15, 0.2) is 0 Å². The van der Waals surface area contributed by atoms with Gasteiger partial charge in [0.2, 0.25) is 5.91 Å². The van der Waals surface area contributed by atoms with E-state index in [4.69, 9.17) is 17.3 Å². The molecule has 1 aromatic rings. The maximum Gasteiger partial charge on any atom is 0.246 e. The largest absolute Gasteiger partial charge is 0.491 e. The van der Waals surface area contributed by atoms with E-state index >= 15 is 0 Å². The van der Waals surface area contributed by atoms with Crippen LogP contribution in [0.1, 0.15) is 5.56 Å². The number of hydrogen-bond acceptors (Lipinski definition) is 3. The first-order chi connectivity index (χ1) is 9.22. The number of carbonyl (C=O) groups is 1. The normalized spacial score (nSPS) is 10.6. The topological polar surface area (TPSA) is 47.6 Å². The van der Waals surface area contributed by atoms with Crippen molar-refractivity contribution in [3.8, 4) is 5.75 Å². The predicted molar refractivity (Wildman–Crippen MR) is 75.4 cm³/mol. The van der Waals surface area contributed by atoms with Crippen LogP contribution in [0, 0.1) is 6.92 Å². The number of benzene rings is 1. The molecule has 0 saturated heterocycles. The van der Waals surface area contributed by atoms with E-state index in [1.165, 1.54) is 5.98 Å². The molecule has 0 saturated carbocycles. The molecule has 0 aliphatic carbocycles. The third-order valence-electron chi connectivity index (χ3n) is 2.27. The third-order valence-corrected chi connectivity index (χ3v) is 2.27. The minimum absolute atomic E-state index is 0.0234. The standard InChI is InChI=1S/C14H18BNO3/c1-12-4-2-5-13(10-12)19-9-8-18-11-14(17)16-7-3-6-15/h2-6,10H,7-9,11H2,1H3,(H,16,17)/b6-3+. The van der Waals surface area contributed by atoms with E-state index in [-0.39, 0.29) is 12.5 Å². The molecule has 0 unspecified atom stereocenters. The molecule has 0 aliphatic rings. The van der Waals surface area contributed by atoms with Crippen molar-refractivity contribution in [1.82, 2.24) is 5.32 Å². The first-order valence-corrected chi connectivity index (χ1v) is 6.13. The zero-order chi connectivity index (χ0) is 13.9. The van der Waals surface area contributed by atoms with Crippen molar-refractivity contribution in [2.75, 3.05) is 26.4 Å². The van der Waals surface area contributed by atoms with Gasteiger partial charge in [0.25, 0.3) is 0 Å². The monoisotopic (exact) mass is 259 g/mol. The van der Waals surface area contributed by atoms with Gasteiger partial charge in [0, 0.05) is 6.54 Å². The van der Waals surface area contributed by atoms with Gasteiger partial charge in [-0.15, -0.1) is 5.98 Å². The van der Waals surface area contributed by atoms with Crippen molar-refractivity contribution >= 4 is 13.8 Å². The van der Waals surface area contributed by atoms with Crippen LogP contribution in [0.25, 0.3) is 0 Å². The molecule has 4 nitrogen and oxygen atoms in total. The average Bonchev–Trinajstić information content (AvgIpc) is 2.39. The Kier molecular flexibility index (Phi) is 7.43. The predicted octanol–water partition coefficient (Wildman–Crippen LogP) is 1.19. The minimum atomic E-state index is -0.173. The summed E-state index contributed by atoms with van der Waals surface area (Å²) in [6, 6.07) is 7.78. The molecule has 5 heteroatoms. The molecule has 0 aromatic heterocycles. The highest BCUT2D eigenvalue weighted by atomic mass is 16.5. The van der Waals surface area contributed by atoms with Crippen LogP contribution in [0.4, 0.5) is 0 Å². The fraction of sp³-hybridized carbons (Fsp3) is 0.357. The summed E-state index contributed by atoms with van der Waals surface area (Å²) >= 11 is 0. The van der Waals surface area contributed by atoms with E-state index in [9.17, 15) is 4.79 Å². The summed E-state index contributed by atoms with van der Waals surface area (Å²) in [5.41, 5.74) is 1.14. The van der Waals surface area contributed by atoms with Gasteiger partial charge in [-0.2, -0.15) is 0 Å². The fourth-order valence-electron chi connectivity index (χ4n) is 1.38. The first-order valence-electron chi connectivity index (χ1n) is 6.13. The second kappa shape index (κ2) is 9.22. The Hall–Kier alpha value is -1.75. The summed E-state index contributed by atoms with van der Waals surface area (Å²) in [5.74, 6) is 2.02. The van der Waals surface area contributed by atoms with Crippen molar-refractivity contribution in [2.24, 2.45) is 0 Å². The maximum absolute atomic E-state index is 11.2. The fourth-order valence-corrected chi connectivity index (χ4v) is 1.38. The minimum Gasteiger partial charge on any atom is -0.491 e. The molecule has 19 heavy (non-hydrogen) atoms. The van der Waals surface area contributed by atoms with Gasteiger partial charge in [-0.25, -0.2) is 0 Å². The zero-order valence-corrected chi connectivity index (χ0v) is 11.1. The Morgan fingerprint density at radius 1 is 1.42 bits per heavy atom. The molecule has 1 N–H and O–H groups in total. The van der Waals surface area contributed by atoms with Crippen LogP contribution in [-0.2, 0) is 9.53 Å². The summed E-state index contributed by atoms with van der Waals surface area (Å²) in [6.07, 6.45) is 1.65. The van der Waals surface area contributed by atoms with Crippen LogP contribution in [0.2, 0.25) is 0 Å². The number of rotatable bonds is 8. The Morgan fingerprint density at radius 2 is 2.26 bits per heavy atom. The van der Waals surface area contributed by atoms with Gasteiger partial charge in [0.1, 0.15) is 26.8 Å². The lowest BCUT2D eigenvalue weighted by atomic mass is 10.1. The van der Waals surface area contributed by atoms with E-state index < -0.39 is 0 Å². The molecular formula is C14H18BNO3. The van der Waals surface area contributed by atoms with Crippen LogP contribution in [-0.4, -0.2) is 40.1 Å². The van der Waals surface area contributed by atoms with E-state index in [0.717, 1.165) is 11.3 Å². The molecule has 1 amide bonds. The third kappa shape index (κ3) is 7.31. The number of amides is 1. The highest BCUT2D eigenvalue weighted by molar-refractivity contribution is 6.16. The molecule has 0 fully saturated rings. The molecule has 0 atom stereocenters. The second-order valence-corrected chi connectivity index (χ2v) is 3.95. The molecule has 1 rings (SSSR count). The Bertz CT molecular complexity index is 421. The van der Waals surface area contributed by atoms with Crippen LogP contribution < -0.4 is 10.1 Å². The van der Waals surface area contributed by atoms with Crippen molar-refractivity contribution in [3.05, 3.63) is 41.9 Å². The highest BCUT2D eigenvalue weighted by Crippen LogP contribution is 2.11. The van der Waals surface area contributed by atoms with Crippen LogP contribution in [0.5, 0.6) is 5.75 Å². The van der Waals surface area contributed by atoms with Gasteiger partial charge in [-0.1, -0.05) is 18.2 Å². The van der Waals surface area contributed by atoms with Gasteiger partial charge < -0.3 is 14.8 Å². The Labute approximate surface area is 115 Å². The number of ether oxygens (including phenoxy) is 2. The maximum atomic E-state index is 11.2. The van der Waals surface area contributed by atoms with Crippen LogP contribution in [0.3, 0.4) is 0 Å². The quantitative estimate of drug-likeness (QED) is 0.563. The number of aryl methyl sites for hydroxylation is 1. The van der Waals surface area contributed by atoms with Gasteiger partial charge >= 0.3 is 0 Å². The molecule has 0 spiro atoms. The lowest BCUT2D eigenvalue weighted by Crippen LogP contribution is -2.28. The van der Waals surface area contributed by atoms with Crippen LogP contribution in [0.15, 0.2) is 36.3 Å². The number of nitrogens with one attached hydrogen (secondary N) is 1. The molecule has 2 radical (unpaired) electrons. The summed E-state index contributed by atoms with van der Waals surface area (Å²) in [6.45, 7) is 3.23. The van der Waals surface area contributed by atoms with Crippen molar-refractivity contribution in [3.63, 3.8) is 0 Å². The Balaban J connectivity index is 2.06. The SMILES string of the molecule is [B]/C=C/CNC(=O)COCCOc1cccc(C)c1. The van der Waals surface area contributed by atoms with E-state index in [2.05, 4.69) is 5.32 Å². The van der Waals surface area contributed by atoms with Gasteiger partial charge in [-0.05, 0) is 24.6 Å². The molecule has 100 valence electrons. The highest BCUT2D eigenvalue weighted by Gasteiger charge is 1.99. The van der Waals surface area contributed by atoms with E-state index in [1.807, 2.05) is 31.2 Å². The first kappa shape index (κ1) is 15.3. The smallest absolute Gasteiger partial charge is 0.246 e. The van der Waals surface area contributed by atoms with E-state index in [1.54, 1.807) is 6.08 Å². The van der Waals surface area contributed by atoms with Crippen molar-refractivity contribution in [2.45, 2.75) is 6.92 Å². The molecule has 0 heterocycles. The molecule has 0 bridgehead atoms. The van der Waals surface area contributed by atoms with E-state index in [0.29, 0.717) is 19.8 Å². The van der Waals surface area contributed by atoms with Crippen LogP contribution >= 0.6 is 0 Å². The average molecular weight is 259 g/mol. The summed E-state index contributed by atoms with van der Waals surface area (Å²) in [4.78, 5) is 11.2. The Morgan fingerprint density at radius 3 is 3.00 bits per heavy atom. The van der Waals surface area contributed by atoms with Crippen molar-refractivity contribution in [1.29, 1.82) is 0 Å². The lowest BCUT2D eigenvalue weighted by molar-refractivity contribution is -0.125. The molecular weight excluding hydrogens is 241 g/mol. The molecule has 0 aliphatic heterocycles.